The van der Waals surface area contributed by atoms with Crippen LogP contribution in [0.1, 0.15) is 18.2 Å². The zero-order chi connectivity index (χ0) is 16.8. The highest BCUT2D eigenvalue weighted by Crippen LogP contribution is 2.38. The van der Waals surface area contributed by atoms with E-state index in [1.807, 2.05) is 31.2 Å². The molecular weight excluding hydrogens is 457 g/mol. The van der Waals surface area contributed by atoms with Gasteiger partial charge in [-0.3, -0.25) is 0 Å². The Morgan fingerprint density at radius 2 is 2.08 bits per heavy atom. The van der Waals surface area contributed by atoms with Crippen LogP contribution in [0.2, 0.25) is 5.02 Å². The van der Waals surface area contributed by atoms with Crippen molar-refractivity contribution in [3.63, 3.8) is 0 Å². The molecule has 0 bridgehead atoms. The lowest BCUT2D eigenvalue weighted by atomic mass is 10.2. The van der Waals surface area contributed by atoms with Crippen LogP contribution in [0.15, 0.2) is 39.9 Å². The second-order valence-corrected chi connectivity index (χ2v) is 5.64. The minimum atomic E-state index is 0. The number of ether oxygens (including phenoxy) is 2. The summed E-state index contributed by atoms with van der Waals surface area (Å²) in [6.07, 6.45) is 1.65. The molecule has 0 amide bonds. The average molecular weight is 478 g/mol. The van der Waals surface area contributed by atoms with Crippen LogP contribution in [-0.2, 0) is 13.1 Å². The quantitative estimate of drug-likeness (QED) is 0.391. The predicted molar refractivity (Wildman–Crippen MR) is 108 cm³/mol. The van der Waals surface area contributed by atoms with Crippen molar-refractivity contribution >= 4 is 41.5 Å². The summed E-state index contributed by atoms with van der Waals surface area (Å²) in [4.78, 5) is 4.57. The van der Waals surface area contributed by atoms with Gasteiger partial charge in [-0.1, -0.05) is 11.6 Å². The molecule has 25 heavy (non-hydrogen) atoms. The van der Waals surface area contributed by atoms with Gasteiger partial charge in [0.15, 0.2) is 17.5 Å². The largest absolute Gasteiger partial charge is 0.486 e. The maximum absolute atomic E-state index is 6.26. The molecule has 0 atom stereocenters. The summed E-state index contributed by atoms with van der Waals surface area (Å²) >= 11 is 6.26. The number of halogens is 2. The summed E-state index contributed by atoms with van der Waals surface area (Å²) < 4.78 is 16.4. The lowest BCUT2D eigenvalue weighted by Crippen LogP contribution is -2.36. The van der Waals surface area contributed by atoms with Crippen molar-refractivity contribution in [3.05, 3.63) is 46.9 Å². The Hall–Kier alpha value is -1.61. The molecule has 6 nitrogen and oxygen atoms in total. The number of hydrogen-bond donors (Lipinski definition) is 2. The van der Waals surface area contributed by atoms with Gasteiger partial charge in [0, 0.05) is 6.54 Å². The van der Waals surface area contributed by atoms with Crippen LogP contribution < -0.4 is 20.1 Å². The molecule has 0 saturated heterocycles. The van der Waals surface area contributed by atoms with Crippen LogP contribution in [0.4, 0.5) is 0 Å². The van der Waals surface area contributed by atoms with Gasteiger partial charge in [-0.15, -0.1) is 24.0 Å². The standard InChI is InChI=1S/C17H20ClN3O3.HI/c1-2-19-17(21-11-13-4-3-5-22-13)20-10-12-8-14(18)16-15(9-12)23-6-7-24-16;/h3-5,8-9H,2,6-7,10-11H2,1H3,(H2,19,20,21);1H. The molecule has 0 fully saturated rings. The second kappa shape index (κ2) is 9.76. The van der Waals surface area contributed by atoms with Gasteiger partial charge in [-0.2, -0.15) is 0 Å². The summed E-state index contributed by atoms with van der Waals surface area (Å²) in [7, 11) is 0. The van der Waals surface area contributed by atoms with Gasteiger partial charge >= 0.3 is 0 Å². The maximum Gasteiger partial charge on any atom is 0.191 e. The molecule has 0 saturated carbocycles. The minimum Gasteiger partial charge on any atom is -0.486 e. The van der Waals surface area contributed by atoms with Crippen molar-refractivity contribution < 1.29 is 13.9 Å². The Morgan fingerprint density at radius 1 is 1.24 bits per heavy atom. The van der Waals surface area contributed by atoms with Crippen LogP contribution in [0.25, 0.3) is 0 Å². The van der Waals surface area contributed by atoms with E-state index in [2.05, 4.69) is 15.6 Å². The molecule has 0 radical (unpaired) electrons. The number of nitrogens with zero attached hydrogens (tertiary/aromatic N) is 1. The highest BCUT2D eigenvalue weighted by molar-refractivity contribution is 14.0. The first-order chi connectivity index (χ1) is 11.8. The normalized spacial score (nSPS) is 13.1. The molecule has 136 valence electrons. The Bertz CT molecular complexity index is 707. The Balaban J connectivity index is 0.00000225. The third-order valence-electron chi connectivity index (χ3n) is 3.43. The molecule has 1 aliphatic heterocycles. The van der Waals surface area contributed by atoms with Crippen LogP contribution in [0.3, 0.4) is 0 Å². The molecule has 0 aliphatic carbocycles. The van der Waals surface area contributed by atoms with Crippen molar-refractivity contribution in [2.45, 2.75) is 20.0 Å². The SMILES string of the molecule is CCNC(=NCc1cc(Cl)c2c(c1)OCCO2)NCc1ccco1.I. The molecule has 2 N–H and O–H groups in total. The van der Waals surface area contributed by atoms with Gasteiger partial charge in [0.25, 0.3) is 0 Å². The topological polar surface area (TPSA) is 68.0 Å². The van der Waals surface area contributed by atoms with E-state index in [1.165, 1.54) is 0 Å². The fraction of sp³-hybridized carbons (Fsp3) is 0.353. The van der Waals surface area contributed by atoms with Crippen molar-refractivity contribution in [1.82, 2.24) is 10.6 Å². The Morgan fingerprint density at radius 3 is 2.84 bits per heavy atom. The first-order valence-corrected chi connectivity index (χ1v) is 8.26. The summed E-state index contributed by atoms with van der Waals surface area (Å²) in [5, 5.41) is 6.97. The lowest BCUT2D eigenvalue weighted by Gasteiger charge is -2.20. The Kier molecular flexibility index (Phi) is 7.70. The molecule has 3 rings (SSSR count). The van der Waals surface area contributed by atoms with E-state index in [1.54, 1.807) is 6.26 Å². The number of benzene rings is 1. The summed E-state index contributed by atoms with van der Waals surface area (Å²) in [6.45, 7) is 4.89. The van der Waals surface area contributed by atoms with E-state index < -0.39 is 0 Å². The molecule has 0 spiro atoms. The third-order valence-corrected chi connectivity index (χ3v) is 3.71. The summed E-state index contributed by atoms with van der Waals surface area (Å²) in [6, 6.07) is 7.55. The molecule has 1 aliphatic rings. The number of hydrogen-bond acceptors (Lipinski definition) is 4. The van der Waals surface area contributed by atoms with Crippen LogP contribution in [-0.4, -0.2) is 25.7 Å². The number of rotatable bonds is 5. The number of guanidine groups is 1. The fourth-order valence-corrected chi connectivity index (χ4v) is 2.64. The first-order valence-electron chi connectivity index (χ1n) is 7.89. The second-order valence-electron chi connectivity index (χ2n) is 5.23. The highest BCUT2D eigenvalue weighted by atomic mass is 127. The van der Waals surface area contributed by atoms with Gasteiger partial charge in [-0.25, -0.2) is 4.99 Å². The van der Waals surface area contributed by atoms with Gasteiger partial charge in [0.1, 0.15) is 19.0 Å². The monoisotopic (exact) mass is 477 g/mol. The van der Waals surface area contributed by atoms with Gasteiger partial charge in [0.2, 0.25) is 0 Å². The average Bonchev–Trinajstić information content (AvgIpc) is 3.11. The van der Waals surface area contributed by atoms with Gasteiger partial charge in [-0.05, 0) is 36.8 Å². The van der Waals surface area contributed by atoms with E-state index in [0.717, 1.165) is 17.9 Å². The minimum absolute atomic E-state index is 0. The fourth-order valence-electron chi connectivity index (χ4n) is 2.35. The van der Waals surface area contributed by atoms with Crippen LogP contribution >= 0.6 is 35.6 Å². The van der Waals surface area contributed by atoms with Gasteiger partial charge in [0.05, 0.1) is 24.4 Å². The molecule has 1 aromatic carbocycles. The van der Waals surface area contributed by atoms with Crippen molar-refractivity contribution in [3.8, 4) is 11.5 Å². The van der Waals surface area contributed by atoms with E-state index in [9.17, 15) is 0 Å². The van der Waals surface area contributed by atoms with Crippen molar-refractivity contribution in [2.24, 2.45) is 4.99 Å². The molecule has 0 unspecified atom stereocenters. The van der Waals surface area contributed by atoms with E-state index in [-0.39, 0.29) is 24.0 Å². The smallest absolute Gasteiger partial charge is 0.191 e. The lowest BCUT2D eigenvalue weighted by molar-refractivity contribution is 0.171. The summed E-state index contributed by atoms with van der Waals surface area (Å²) in [5.41, 5.74) is 0.958. The molecule has 1 aromatic heterocycles. The highest BCUT2D eigenvalue weighted by Gasteiger charge is 2.16. The van der Waals surface area contributed by atoms with Gasteiger partial charge < -0.3 is 24.5 Å². The maximum atomic E-state index is 6.26. The predicted octanol–water partition coefficient (Wildman–Crippen LogP) is 3.58. The third kappa shape index (κ3) is 5.43. The zero-order valence-electron chi connectivity index (χ0n) is 13.9. The number of nitrogens with one attached hydrogen (secondary N) is 2. The van der Waals surface area contributed by atoms with E-state index in [0.29, 0.717) is 48.8 Å². The molecule has 2 heterocycles. The van der Waals surface area contributed by atoms with Crippen molar-refractivity contribution in [1.29, 1.82) is 0 Å². The number of aliphatic imine (C=N–C) groups is 1. The van der Waals surface area contributed by atoms with E-state index in [4.69, 9.17) is 25.5 Å². The van der Waals surface area contributed by atoms with E-state index >= 15 is 0 Å². The molecular formula is C17H21ClIN3O3. The first kappa shape index (κ1) is 19.7. The molecule has 2 aromatic rings. The Labute approximate surface area is 169 Å². The summed E-state index contributed by atoms with van der Waals surface area (Å²) in [5.74, 6) is 2.84. The van der Waals surface area contributed by atoms with Crippen molar-refractivity contribution in [2.75, 3.05) is 19.8 Å². The van der Waals surface area contributed by atoms with Crippen LogP contribution in [0.5, 0.6) is 11.5 Å². The van der Waals surface area contributed by atoms with Crippen LogP contribution in [0, 0.1) is 0 Å². The zero-order valence-corrected chi connectivity index (χ0v) is 17.0. The molecule has 8 heteroatoms. The number of fused-ring (bicyclic) bond motifs is 1. The number of furan rings is 1.